The van der Waals surface area contributed by atoms with Crippen molar-refractivity contribution in [2.24, 2.45) is 5.92 Å². The number of hydrogen-bond donors (Lipinski definition) is 0. The summed E-state index contributed by atoms with van der Waals surface area (Å²) in [6.07, 6.45) is 1.63. The summed E-state index contributed by atoms with van der Waals surface area (Å²) in [5, 5.41) is 0. The second-order valence-electron chi connectivity index (χ2n) is 6.25. The molecule has 0 bridgehead atoms. The van der Waals surface area contributed by atoms with Crippen molar-refractivity contribution in [3.8, 4) is 0 Å². The highest BCUT2D eigenvalue weighted by atomic mass is 16.6. The number of nitrogens with zero attached hydrogens (tertiary/aromatic N) is 1. The zero-order valence-electron chi connectivity index (χ0n) is 13.5. The van der Waals surface area contributed by atoms with Crippen molar-refractivity contribution < 1.29 is 23.8 Å². The summed E-state index contributed by atoms with van der Waals surface area (Å²) in [6, 6.07) is 0. The highest BCUT2D eigenvalue weighted by Crippen LogP contribution is 2.19. The van der Waals surface area contributed by atoms with E-state index in [2.05, 4.69) is 0 Å². The number of esters is 1. The Morgan fingerprint density at radius 1 is 1.29 bits per heavy atom. The van der Waals surface area contributed by atoms with Crippen LogP contribution >= 0.6 is 0 Å². The lowest BCUT2D eigenvalue weighted by Gasteiger charge is -2.33. The summed E-state index contributed by atoms with van der Waals surface area (Å²) in [6.45, 7) is 9.43. The summed E-state index contributed by atoms with van der Waals surface area (Å²) >= 11 is 0. The summed E-state index contributed by atoms with van der Waals surface area (Å²) in [5.41, 5.74) is -0.482. The first-order chi connectivity index (χ1) is 9.81. The van der Waals surface area contributed by atoms with Gasteiger partial charge in [-0.2, -0.15) is 0 Å². The van der Waals surface area contributed by atoms with Crippen LogP contribution in [0.1, 0.15) is 40.5 Å². The Hall–Kier alpha value is -1.30. The van der Waals surface area contributed by atoms with Gasteiger partial charge in [0.25, 0.3) is 0 Å². The molecule has 1 aliphatic rings. The van der Waals surface area contributed by atoms with Crippen molar-refractivity contribution in [1.82, 2.24) is 4.90 Å². The second kappa shape index (κ2) is 8.22. The molecular formula is C15H27NO5. The maximum Gasteiger partial charge on any atom is 0.410 e. The third kappa shape index (κ3) is 7.32. The van der Waals surface area contributed by atoms with E-state index in [1.54, 1.807) is 11.8 Å². The Bertz CT molecular complexity index is 350. The molecule has 0 aromatic heterocycles. The van der Waals surface area contributed by atoms with Gasteiger partial charge in [0.2, 0.25) is 0 Å². The maximum absolute atomic E-state index is 12.0. The van der Waals surface area contributed by atoms with Crippen molar-refractivity contribution in [2.45, 2.75) is 46.1 Å². The van der Waals surface area contributed by atoms with E-state index < -0.39 is 5.60 Å². The van der Waals surface area contributed by atoms with Gasteiger partial charge in [-0.05, 0) is 40.5 Å². The molecule has 1 fully saturated rings. The fraction of sp³-hybridized carbons (Fsp3) is 0.867. The van der Waals surface area contributed by atoms with Crippen LogP contribution in [0.2, 0.25) is 0 Å². The molecule has 0 N–H and O–H groups in total. The molecule has 6 nitrogen and oxygen atoms in total. The van der Waals surface area contributed by atoms with Gasteiger partial charge in [-0.1, -0.05) is 0 Å². The van der Waals surface area contributed by atoms with E-state index in [-0.39, 0.29) is 24.6 Å². The molecule has 1 heterocycles. The number of carbonyl (C=O) groups excluding carboxylic acids is 2. The molecule has 1 atom stereocenters. The fourth-order valence-electron chi connectivity index (χ4n) is 2.20. The third-order valence-corrected chi connectivity index (χ3v) is 3.05. The van der Waals surface area contributed by atoms with Gasteiger partial charge in [0.1, 0.15) is 12.2 Å². The molecule has 0 spiro atoms. The van der Waals surface area contributed by atoms with Gasteiger partial charge in [-0.25, -0.2) is 9.59 Å². The largest absolute Gasteiger partial charge is 0.464 e. The molecule has 1 aliphatic heterocycles. The van der Waals surface area contributed by atoms with E-state index in [1.807, 2.05) is 20.8 Å². The number of likely N-dealkylation sites (tertiary alicyclic amines) is 1. The maximum atomic E-state index is 12.0. The van der Waals surface area contributed by atoms with Crippen LogP contribution in [0, 0.1) is 5.92 Å². The molecule has 0 radical (unpaired) electrons. The van der Waals surface area contributed by atoms with E-state index in [0.717, 1.165) is 12.8 Å². The molecule has 0 unspecified atom stereocenters. The predicted octanol–water partition coefficient (Wildman–Crippen LogP) is 2.21. The van der Waals surface area contributed by atoms with E-state index >= 15 is 0 Å². The quantitative estimate of drug-likeness (QED) is 0.728. The monoisotopic (exact) mass is 301 g/mol. The van der Waals surface area contributed by atoms with E-state index in [4.69, 9.17) is 14.2 Å². The molecule has 1 rings (SSSR count). The van der Waals surface area contributed by atoms with E-state index in [9.17, 15) is 9.59 Å². The average molecular weight is 301 g/mol. The Morgan fingerprint density at radius 3 is 2.62 bits per heavy atom. The molecule has 1 amide bonds. The van der Waals surface area contributed by atoms with Gasteiger partial charge in [0.15, 0.2) is 0 Å². The van der Waals surface area contributed by atoms with Crippen molar-refractivity contribution in [2.75, 3.05) is 32.9 Å². The number of carbonyl (C=O) groups is 2. The van der Waals surface area contributed by atoms with Crippen LogP contribution in [0.5, 0.6) is 0 Å². The average Bonchev–Trinajstić information content (AvgIpc) is 2.37. The lowest BCUT2D eigenvalue weighted by molar-refractivity contribution is -0.149. The Kier molecular flexibility index (Phi) is 6.95. The van der Waals surface area contributed by atoms with Crippen LogP contribution in [0.15, 0.2) is 0 Å². The van der Waals surface area contributed by atoms with Gasteiger partial charge in [-0.3, -0.25) is 0 Å². The van der Waals surface area contributed by atoms with E-state index in [1.165, 1.54) is 0 Å². The minimum absolute atomic E-state index is 0.0310. The smallest absolute Gasteiger partial charge is 0.410 e. The van der Waals surface area contributed by atoms with Crippen LogP contribution in [0.25, 0.3) is 0 Å². The second-order valence-corrected chi connectivity index (χ2v) is 6.25. The van der Waals surface area contributed by atoms with Gasteiger partial charge >= 0.3 is 12.1 Å². The van der Waals surface area contributed by atoms with Crippen LogP contribution in [-0.2, 0) is 19.0 Å². The minimum atomic E-state index is -0.482. The Morgan fingerprint density at radius 2 is 2.00 bits per heavy atom. The zero-order chi connectivity index (χ0) is 15.9. The Balaban J connectivity index is 2.32. The van der Waals surface area contributed by atoms with Crippen LogP contribution in [0.4, 0.5) is 4.79 Å². The first-order valence-corrected chi connectivity index (χ1v) is 7.53. The third-order valence-electron chi connectivity index (χ3n) is 3.05. The van der Waals surface area contributed by atoms with Crippen LogP contribution < -0.4 is 0 Å². The predicted molar refractivity (Wildman–Crippen MR) is 78.0 cm³/mol. The standard InChI is InChI=1S/C15H27NO5/c1-5-20-13(17)11-19-10-12-7-6-8-16(9-12)14(18)21-15(2,3)4/h12H,5-11H2,1-4H3/t12-/m1/s1. The molecule has 0 aliphatic carbocycles. The topological polar surface area (TPSA) is 65.1 Å². The number of amides is 1. The van der Waals surface area contributed by atoms with Crippen LogP contribution in [0.3, 0.4) is 0 Å². The zero-order valence-corrected chi connectivity index (χ0v) is 13.5. The molecular weight excluding hydrogens is 274 g/mol. The number of piperidine rings is 1. The molecule has 0 saturated carbocycles. The number of ether oxygens (including phenoxy) is 3. The molecule has 122 valence electrons. The van der Waals surface area contributed by atoms with Crippen molar-refractivity contribution >= 4 is 12.1 Å². The van der Waals surface area contributed by atoms with Crippen molar-refractivity contribution in [3.63, 3.8) is 0 Å². The highest BCUT2D eigenvalue weighted by Gasteiger charge is 2.27. The number of rotatable bonds is 5. The van der Waals surface area contributed by atoms with Crippen molar-refractivity contribution in [3.05, 3.63) is 0 Å². The van der Waals surface area contributed by atoms with Crippen molar-refractivity contribution in [1.29, 1.82) is 0 Å². The highest BCUT2D eigenvalue weighted by molar-refractivity contribution is 5.70. The van der Waals surface area contributed by atoms with E-state index in [0.29, 0.717) is 26.3 Å². The molecule has 1 saturated heterocycles. The lowest BCUT2D eigenvalue weighted by atomic mass is 9.99. The molecule has 21 heavy (non-hydrogen) atoms. The fourth-order valence-corrected chi connectivity index (χ4v) is 2.20. The lowest BCUT2D eigenvalue weighted by Crippen LogP contribution is -2.43. The molecule has 0 aromatic rings. The van der Waals surface area contributed by atoms with Crippen LogP contribution in [-0.4, -0.2) is 55.5 Å². The first-order valence-electron chi connectivity index (χ1n) is 7.53. The van der Waals surface area contributed by atoms with Gasteiger partial charge < -0.3 is 19.1 Å². The molecule has 6 heteroatoms. The SMILES string of the molecule is CCOC(=O)COC[C@@H]1CCCN(C(=O)OC(C)(C)C)C1. The molecule has 0 aromatic carbocycles. The van der Waals surface area contributed by atoms with Gasteiger partial charge in [0, 0.05) is 19.0 Å². The summed E-state index contributed by atoms with van der Waals surface area (Å²) in [5.74, 6) is -0.113. The first kappa shape index (κ1) is 17.8. The summed E-state index contributed by atoms with van der Waals surface area (Å²) in [7, 11) is 0. The summed E-state index contributed by atoms with van der Waals surface area (Å²) < 4.78 is 15.5. The normalized spacial score (nSPS) is 19.2. The summed E-state index contributed by atoms with van der Waals surface area (Å²) in [4.78, 5) is 24.9. The van der Waals surface area contributed by atoms with Gasteiger partial charge in [-0.15, -0.1) is 0 Å². The Labute approximate surface area is 126 Å². The minimum Gasteiger partial charge on any atom is -0.464 e. The van der Waals surface area contributed by atoms with Gasteiger partial charge in [0.05, 0.1) is 13.2 Å². The number of hydrogen-bond acceptors (Lipinski definition) is 5.